The van der Waals surface area contributed by atoms with Gasteiger partial charge in [-0.25, -0.2) is 13.2 Å². The number of carboxylic acids is 1. The molecule has 1 aliphatic rings. The van der Waals surface area contributed by atoms with Crippen LogP contribution in [0.25, 0.3) is 0 Å². The summed E-state index contributed by atoms with van der Waals surface area (Å²) in [6, 6.07) is 4.33. The molecule has 7 heteroatoms. The van der Waals surface area contributed by atoms with Gasteiger partial charge in [0.15, 0.2) is 0 Å². The molecular weight excluding hydrogens is 304 g/mol. The molecule has 1 aromatic carbocycles. The van der Waals surface area contributed by atoms with Crippen LogP contribution >= 0.6 is 0 Å². The third kappa shape index (κ3) is 3.31. The van der Waals surface area contributed by atoms with Gasteiger partial charge in [-0.2, -0.15) is 4.31 Å². The molecule has 0 amide bonds. The van der Waals surface area contributed by atoms with E-state index in [2.05, 4.69) is 11.8 Å². The molecule has 1 fully saturated rings. The van der Waals surface area contributed by atoms with Crippen LogP contribution in [0.2, 0.25) is 0 Å². The summed E-state index contributed by atoms with van der Waals surface area (Å²) in [4.78, 5) is 13.4. The van der Waals surface area contributed by atoms with E-state index in [1.54, 1.807) is 6.07 Å². The van der Waals surface area contributed by atoms with Crippen molar-refractivity contribution in [2.24, 2.45) is 0 Å². The summed E-state index contributed by atoms with van der Waals surface area (Å²) in [5.74, 6) is -1.12. The van der Waals surface area contributed by atoms with Crippen LogP contribution in [0, 0.1) is 0 Å². The Labute approximate surface area is 131 Å². The molecule has 0 bridgehead atoms. The van der Waals surface area contributed by atoms with Gasteiger partial charge in [0.2, 0.25) is 10.0 Å². The van der Waals surface area contributed by atoms with Crippen molar-refractivity contribution in [1.82, 2.24) is 9.21 Å². The molecule has 1 saturated heterocycles. The average molecular weight is 326 g/mol. The van der Waals surface area contributed by atoms with Crippen LogP contribution in [0.4, 0.5) is 0 Å². The maximum absolute atomic E-state index is 12.9. The molecule has 1 aliphatic heterocycles. The SMILES string of the molecule is CCc1ccc(C(=O)O)cc1S(=O)(=O)N1CCN(CC)CC1. The van der Waals surface area contributed by atoms with Gasteiger partial charge >= 0.3 is 5.97 Å². The van der Waals surface area contributed by atoms with Gasteiger partial charge in [-0.15, -0.1) is 0 Å². The minimum Gasteiger partial charge on any atom is -0.478 e. The molecule has 0 aliphatic carbocycles. The number of aromatic carboxylic acids is 1. The van der Waals surface area contributed by atoms with E-state index in [0.717, 1.165) is 6.54 Å². The third-order valence-electron chi connectivity index (χ3n) is 4.09. The molecule has 1 aromatic rings. The number of benzene rings is 1. The maximum Gasteiger partial charge on any atom is 0.335 e. The van der Waals surface area contributed by atoms with Crippen molar-refractivity contribution >= 4 is 16.0 Å². The van der Waals surface area contributed by atoms with Crippen LogP contribution in [-0.4, -0.2) is 61.4 Å². The lowest BCUT2D eigenvalue weighted by atomic mass is 10.1. The molecule has 6 nitrogen and oxygen atoms in total. The number of hydrogen-bond acceptors (Lipinski definition) is 4. The lowest BCUT2D eigenvalue weighted by molar-refractivity contribution is 0.0696. The fourth-order valence-corrected chi connectivity index (χ4v) is 4.39. The second kappa shape index (κ2) is 6.76. The zero-order valence-electron chi connectivity index (χ0n) is 12.9. The number of carbonyl (C=O) groups is 1. The van der Waals surface area contributed by atoms with Gasteiger partial charge in [0.05, 0.1) is 10.5 Å². The molecular formula is C15H22N2O4S. The fraction of sp³-hybridized carbons (Fsp3) is 0.533. The molecule has 0 spiro atoms. The fourth-order valence-electron chi connectivity index (χ4n) is 2.64. The Kier molecular flexibility index (Phi) is 5.20. The summed E-state index contributed by atoms with van der Waals surface area (Å²) in [6.07, 6.45) is 0.545. The number of aryl methyl sites for hydroxylation is 1. The standard InChI is InChI=1S/C15H22N2O4S/c1-3-12-5-6-13(15(18)19)11-14(12)22(20,21)17-9-7-16(4-2)8-10-17/h5-6,11H,3-4,7-10H2,1-2H3,(H,18,19). The summed E-state index contributed by atoms with van der Waals surface area (Å²) >= 11 is 0. The van der Waals surface area contributed by atoms with Crippen molar-refractivity contribution in [2.45, 2.75) is 25.2 Å². The Hall–Kier alpha value is -1.44. The highest BCUT2D eigenvalue weighted by atomic mass is 32.2. The van der Waals surface area contributed by atoms with Crippen LogP contribution in [0.1, 0.15) is 29.8 Å². The molecule has 2 rings (SSSR count). The van der Waals surface area contributed by atoms with Gasteiger partial charge in [0.1, 0.15) is 0 Å². The molecule has 0 unspecified atom stereocenters. The zero-order chi connectivity index (χ0) is 16.3. The first kappa shape index (κ1) is 16.9. The average Bonchev–Trinajstić information content (AvgIpc) is 2.54. The van der Waals surface area contributed by atoms with Crippen LogP contribution in [0.5, 0.6) is 0 Å². The minimum absolute atomic E-state index is 0.00275. The second-order valence-corrected chi connectivity index (χ2v) is 7.23. The van der Waals surface area contributed by atoms with Gasteiger partial charge in [0.25, 0.3) is 0 Å². The zero-order valence-corrected chi connectivity index (χ0v) is 13.8. The van der Waals surface area contributed by atoms with E-state index in [9.17, 15) is 13.2 Å². The summed E-state index contributed by atoms with van der Waals surface area (Å²) in [7, 11) is -3.65. The quantitative estimate of drug-likeness (QED) is 0.882. The van der Waals surface area contributed by atoms with Crippen LogP contribution in [0.3, 0.4) is 0 Å². The van der Waals surface area contributed by atoms with Crippen LogP contribution in [-0.2, 0) is 16.4 Å². The molecule has 0 saturated carbocycles. The highest BCUT2D eigenvalue weighted by Crippen LogP contribution is 2.23. The van der Waals surface area contributed by atoms with Crippen LogP contribution in [0.15, 0.2) is 23.1 Å². The maximum atomic E-state index is 12.9. The van der Waals surface area contributed by atoms with Gasteiger partial charge in [-0.3, -0.25) is 0 Å². The topological polar surface area (TPSA) is 77.9 Å². The van der Waals surface area contributed by atoms with Crippen molar-refractivity contribution < 1.29 is 18.3 Å². The van der Waals surface area contributed by atoms with Crippen molar-refractivity contribution in [3.63, 3.8) is 0 Å². The summed E-state index contributed by atoms with van der Waals surface area (Å²) in [6.45, 7) is 7.11. The Bertz CT molecular complexity index is 650. The Morgan fingerprint density at radius 3 is 2.32 bits per heavy atom. The minimum atomic E-state index is -3.65. The summed E-state index contributed by atoms with van der Waals surface area (Å²) in [5.41, 5.74) is 0.658. The normalized spacial score (nSPS) is 17.5. The number of carboxylic acid groups (broad SMARTS) is 1. The molecule has 0 radical (unpaired) electrons. The van der Waals surface area contributed by atoms with Gasteiger partial charge < -0.3 is 10.0 Å². The molecule has 1 N–H and O–H groups in total. The lowest BCUT2D eigenvalue weighted by Crippen LogP contribution is -2.48. The van der Waals surface area contributed by atoms with Crippen LogP contribution < -0.4 is 0 Å². The molecule has 22 heavy (non-hydrogen) atoms. The summed E-state index contributed by atoms with van der Waals surface area (Å²) in [5, 5.41) is 9.10. The Morgan fingerprint density at radius 2 is 1.82 bits per heavy atom. The second-order valence-electron chi connectivity index (χ2n) is 5.32. The largest absolute Gasteiger partial charge is 0.478 e. The third-order valence-corrected chi connectivity index (χ3v) is 6.07. The number of hydrogen-bond donors (Lipinski definition) is 1. The lowest BCUT2D eigenvalue weighted by Gasteiger charge is -2.33. The van der Waals surface area contributed by atoms with E-state index in [1.165, 1.54) is 16.4 Å². The predicted octanol–water partition coefficient (Wildman–Crippen LogP) is 1.27. The Morgan fingerprint density at radius 1 is 1.18 bits per heavy atom. The number of sulfonamides is 1. The van der Waals surface area contributed by atoms with Crippen molar-refractivity contribution in [3.8, 4) is 0 Å². The van der Waals surface area contributed by atoms with E-state index in [1.807, 2.05) is 6.92 Å². The number of nitrogens with zero attached hydrogens (tertiary/aromatic N) is 2. The smallest absolute Gasteiger partial charge is 0.335 e. The van der Waals surface area contributed by atoms with Gasteiger partial charge in [-0.05, 0) is 30.7 Å². The van der Waals surface area contributed by atoms with E-state index in [-0.39, 0.29) is 10.5 Å². The highest BCUT2D eigenvalue weighted by Gasteiger charge is 2.30. The van der Waals surface area contributed by atoms with E-state index >= 15 is 0 Å². The molecule has 0 aromatic heterocycles. The monoisotopic (exact) mass is 326 g/mol. The number of piperazine rings is 1. The first-order valence-corrected chi connectivity index (χ1v) is 8.92. The Balaban J connectivity index is 2.36. The van der Waals surface area contributed by atoms with Crippen molar-refractivity contribution in [3.05, 3.63) is 29.3 Å². The molecule has 122 valence electrons. The van der Waals surface area contributed by atoms with Gasteiger partial charge in [0, 0.05) is 26.2 Å². The van der Waals surface area contributed by atoms with Crippen molar-refractivity contribution in [1.29, 1.82) is 0 Å². The first-order chi connectivity index (χ1) is 10.4. The number of likely N-dealkylation sites (N-methyl/N-ethyl adjacent to an activating group) is 1. The predicted molar refractivity (Wildman–Crippen MR) is 83.7 cm³/mol. The molecule has 1 heterocycles. The van der Waals surface area contributed by atoms with Gasteiger partial charge in [-0.1, -0.05) is 19.9 Å². The van der Waals surface area contributed by atoms with E-state index in [0.29, 0.717) is 38.2 Å². The summed E-state index contributed by atoms with van der Waals surface area (Å²) < 4.78 is 27.2. The number of rotatable bonds is 5. The van der Waals surface area contributed by atoms with E-state index in [4.69, 9.17) is 5.11 Å². The van der Waals surface area contributed by atoms with Crippen molar-refractivity contribution in [2.75, 3.05) is 32.7 Å². The molecule has 0 atom stereocenters. The first-order valence-electron chi connectivity index (χ1n) is 7.48. The van der Waals surface area contributed by atoms with E-state index < -0.39 is 16.0 Å². The highest BCUT2D eigenvalue weighted by molar-refractivity contribution is 7.89.